The summed E-state index contributed by atoms with van der Waals surface area (Å²) in [7, 11) is 0. The Kier molecular flexibility index (Phi) is 15.0. The van der Waals surface area contributed by atoms with Gasteiger partial charge in [-0.05, 0) is 103 Å². The van der Waals surface area contributed by atoms with Gasteiger partial charge in [-0.3, -0.25) is 0 Å². The molecule has 3 aromatic carbocycles. The minimum Gasteiger partial charge on any atom is -0.494 e. The molecule has 1 aliphatic heterocycles. The monoisotopic (exact) mass is 656 g/mol. The van der Waals surface area contributed by atoms with Crippen LogP contribution in [0, 0.1) is 5.41 Å². The first kappa shape index (κ1) is 36.3. The fourth-order valence-corrected chi connectivity index (χ4v) is 6.74. The zero-order valence-corrected chi connectivity index (χ0v) is 29.9. The Balaban J connectivity index is 0.934. The highest BCUT2D eigenvalue weighted by Gasteiger charge is 2.36. The predicted molar refractivity (Wildman–Crippen MR) is 197 cm³/mol. The molecule has 48 heavy (non-hydrogen) atoms. The van der Waals surface area contributed by atoms with Gasteiger partial charge in [0.15, 0.2) is 0 Å². The minimum absolute atomic E-state index is 0.288. The summed E-state index contributed by atoms with van der Waals surface area (Å²) in [6.45, 7) is 10.00. The average molecular weight is 657 g/mol. The van der Waals surface area contributed by atoms with Crippen LogP contribution in [0.25, 0.3) is 11.1 Å². The highest BCUT2D eigenvalue weighted by atomic mass is 16.5. The van der Waals surface area contributed by atoms with Crippen LogP contribution in [0.2, 0.25) is 0 Å². The number of rotatable bonds is 25. The van der Waals surface area contributed by atoms with Gasteiger partial charge in [0.25, 0.3) is 0 Å². The highest BCUT2D eigenvalue weighted by Crippen LogP contribution is 2.39. The molecule has 0 saturated carbocycles. The van der Waals surface area contributed by atoms with Gasteiger partial charge in [-0.1, -0.05) is 95.9 Å². The summed E-state index contributed by atoms with van der Waals surface area (Å²) in [5.41, 5.74) is 6.87. The van der Waals surface area contributed by atoms with Crippen molar-refractivity contribution < 1.29 is 23.7 Å². The molecule has 3 aromatic rings. The molecule has 0 spiro atoms. The van der Waals surface area contributed by atoms with Crippen molar-refractivity contribution in [3.05, 3.63) is 77.4 Å². The molecule has 1 fully saturated rings. The number of hydrogen-bond donors (Lipinski definition) is 0. The Morgan fingerprint density at radius 1 is 0.562 bits per heavy atom. The Labute approximate surface area is 290 Å². The Bertz CT molecular complexity index is 1340. The number of ether oxygens (including phenoxy) is 5. The summed E-state index contributed by atoms with van der Waals surface area (Å²) in [6.07, 6.45) is 18.6. The molecule has 0 N–H and O–H groups in total. The van der Waals surface area contributed by atoms with Gasteiger partial charge in [-0.25, -0.2) is 0 Å². The van der Waals surface area contributed by atoms with Crippen LogP contribution in [0.5, 0.6) is 17.2 Å². The minimum atomic E-state index is 0.288. The molecule has 1 aliphatic carbocycles. The largest absolute Gasteiger partial charge is 0.494 e. The Morgan fingerprint density at radius 3 is 1.73 bits per heavy atom. The van der Waals surface area contributed by atoms with Crippen LogP contribution in [0.15, 0.2) is 60.7 Å². The fourth-order valence-electron chi connectivity index (χ4n) is 6.74. The SMILES string of the molecule is CCCCCCCCCCCOc1ccc2c(c1)Cc1cc(COc3ccc(OCCCCCCOCC4(CC)COC4)cc3)ccc1-2. The normalized spacial score (nSPS) is 14.3. The number of fused-ring (bicyclic) bond motifs is 3. The molecule has 2 aliphatic rings. The lowest BCUT2D eigenvalue weighted by atomic mass is 9.84. The molecule has 5 rings (SSSR count). The van der Waals surface area contributed by atoms with Gasteiger partial charge in [0.2, 0.25) is 0 Å². The van der Waals surface area contributed by atoms with Gasteiger partial charge in [0.1, 0.15) is 23.9 Å². The van der Waals surface area contributed by atoms with Crippen LogP contribution in [0.4, 0.5) is 0 Å². The molecule has 1 saturated heterocycles. The van der Waals surface area contributed by atoms with E-state index < -0.39 is 0 Å². The maximum Gasteiger partial charge on any atom is 0.120 e. The van der Waals surface area contributed by atoms with Crippen molar-refractivity contribution in [1.29, 1.82) is 0 Å². The van der Waals surface area contributed by atoms with Gasteiger partial charge in [0, 0.05) is 12.0 Å². The average Bonchev–Trinajstić information content (AvgIpc) is 3.46. The first-order valence-corrected chi connectivity index (χ1v) is 19.1. The smallest absolute Gasteiger partial charge is 0.120 e. The summed E-state index contributed by atoms with van der Waals surface area (Å²) < 4.78 is 29.5. The zero-order chi connectivity index (χ0) is 33.3. The number of hydrogen-bond acceptors (Lipinski definition) is 5. The van der Waals surface area contributed by atoms with Crippen molar-refractivity contribution in [3.8, 4) is 28.4 Å². The molecule has 0 unspecified atom stereocenters. The van der Waals surface area contributed by atoms with Crippen LogP contribution < -0.4 is 14.2 Å². The van der Waals surface area contributed by atoms with Crippen molar-refractivity contribution in [2.45, 2.75) is 117 Å². The topological polar surface area (TPSA) is 46.2 Å². The summed E-state index contributed by atoms with van der Waals surface area (Å²) in [4.78, 5) is 0. The third-order valence-electron chi connectivity index (χ3n) is 10.1. The van der Waals surface area contributed by atoms with E-state index in [2.05, 4.69) is 50.2 Å². The first-order chi connectivity index (χ1) is 23.7. The van der Waals surface area contributed by atoms with E-state index in [4.69, 9.17) is 23.7 Å². The first-order valence-electron chi connectivity index (χ1n) is 19.1. The second kappa shape index (κ2) is 19.8. The van der Waals surface area contributed by atoms with Crippen molar-refractivity contribution in [2.75, 3.05) is 39.6 Å². The Morgan fingerprint density at radius 2 is 1.10 bits per heavy atom. The molecule has 5 heteroatoms. The van der Waals surface area contributed by atoms with Crippen molar-refractivity contribution >= 4 is 0 Å². The molecule has 5 nitrogen and oxygen atoms in total. The van der Waals surface area contributed by atoms with E-state index in [-0.39, 0.29) is 5.41 Å². The predicted octanol–water partition coefficient (Wildman–Crippen LogP) is 11.1. The van der Waals surface area contributed by atoms with Crippen molar-refractivity contribution in [2.24, 2.45) is 5.41 Å². The van der Waals surface area contributed by atoms with Crippen LogP contribution in [0.3, 0.4) is 0 Å². The maximum atomic E-state index is 6.14. The molecule has 0 amide bonds. The number of benzene rings is 3. The highest BCUT2D eigenvalue weighted by molar-refractivity contribution is 5.77. The van der Waals surface area contributed by atoms with Gasteiger partial charge < -0.3 is 23.7 Å². The second-order valence-electron chi connectivity index (χ2n) is 14.1. The van der Waals surface area contributed by atoms with Crippen molar-refractivity contribution in [3.63, 3.8) is 0 Å². The molecule has 0 radical (unpaired) electrons. The van der Waals surface area contributed by atoms with Gasteiger partial charge >= 0.3 is 0 Å². The lowest BCUT2D eigenvalue weighted by molar-refractivity contribution is -0.150. The maximum absolute atomic E-state index is 6.14. The van der Waals surface area contributed by atoms with E-state index in [1.807, 2.05) is 24.3 Å². The molecule has 0 aromatic heterocycles. The van der Waals surface area contributed by atoms with Gasteiger partial charge in [-0.2, -0.15) is 0 Å². The second-order valence-corrected chi connectivity index (χ2v) is 14.1. The van der Waals surface area contributed by atoms with E-state index in [1.165, 1.54) is 85.6 Å². The van der Waals surface area contributed by atoms with E-state index in [9.17, 15) is 0 Å². The van der Waals surface area contributed by atoms with E-state index >= 15 is 0 Å². The van der Waals surface area contributed by atoms with Crippen LogP contribution in [-0.4, -0.2) is 39.6 Å². The molecular formula is C43H60O5. The summed E-state index contributed by atoms with van der Waals surface area (Å²) in [6, 6.07) is 21.4. The molecule has 1 heterocycles. The van der Waals surface area contributed by atoms with Crippen LogP contribution >= 0.6 is 0 Å². The van der Waals surface area contributed by atoms with Crippen LogP contribution in [0.1, 0.15) is 120 Å². The van der Waals surface area contributed by atoms with E-state index in [0.717, 1.165) is 95.4 Å². The Hall–Kier alpha value is -3.02. The molecule has 262 valence electrons. The van der Waals surface area contributed by atoms with E-state index in [1.54, 1.807) is 0 Å². The van der Waals surface area contributed by atoms with Gasteiger partial charge in [0.05, 0.1) is 33.0 Å². The lowest BCUT2D eigenvalue weighted by Gasteiger charge is -2.40. The molecular weight excluding hydrogens is 596 g/mol. The van der Waals surface area contributed by atoms with Crippen molar-refractivity contribution in [1.82, 2.24) is 0 Å². The lowest BCUT2D eigenvalue weighted by Crippen LogP contribution is -2.45. The summed E-state index contributed by atoms with van der Waals surface area (Å²) >= 11 is 0. The molecule has 0 atom stereocenters. The van der Waals surface area contributed by atoms with Crippen LogP contribution in [-0.2, 0) is 22.5 Å². The fraction of sp³-hybridized carbons (Fsp3) is 0.581. The number of unbranched alkanes of at least 4 members (excludes halogenated alkanes) is 11. The van der Waals surface area contributed by atoms with Gasteiger partial charge in [-0.15, -0.1) is 0 Å². The summed E-state index contributed by atoms with van der Waals surface area (Å²) in [5.74, 6) is 2.75. The summed E-state index contributed by atoms with van der Waals surface area (Å²) in [5, 5.41) is 0. The van der Waals surface area contributed by atoms with E-state index in [0.29, 0.717) is 6.61 Å². The third-order valence-corrected chi connectivity index (χ3v) is 10.1. The molecule has 0 bridgehead atoms. The quantitative estimate of drug-likeness (QED) is 0.0664. The zero-order valence-electron chi connectivity index (χ0n) is 29.9. The standard InChI is InChI=1S/C43H60O5/c1-3-5-6-7-8-9-10-11-15-27-47-40-22-24-42-37(30-40)29-36-28-35(17-23-41(36)42)31-48-39-20-18-38(19-21-39)46-26-16-13-12-14-25-44-32-43(4-2)33-45-34-43/h17-24,28,30H,3-16,25-27,29,31-34H2,1-2H3. The third kappa shape index (κ3) is 11.3.